The van der Waals surface area contributed by atoms with Crippen LogP contribution in [0.1, 0.15) is 26.7 Å². The number of halogens is 1. The summed E-state index contributed by atoms with van der Waals surface area (Å²) in [5.74, 6) is 0.426. The third kappa shape index (κ3) is 4.88. The number of piperidine rings is 1. The van der Waals surface area contributed by atoms with Gasteiger partial charge in [0.25, 0.3) is 0 Å². The van der Waals surface area contributed by atoms with E-state index in [2.05, 4.69) is 29.4 Å². The Morgan fingerprint density at radius 2 is 1.85 bits per heavy atom. The fourth-order valence-electron chi connectivity index (χ4n) is 2.85. The highest BCUT2D eigenvalue weighted by Crippen LogP contribution is 2.13. The van der Waals surface area contributed by atoms with Crippen LogP contribution in [0.15, 0.2) is 0 Å². The monoisotopic (exact) mass is 305 g/mol. The second-order valence-electron chi connectivity index (χ2n) is 5.71. The molecule has 0 bridgehead atoms. The lowest BCUT2D eigenvalue weighted by atomic mass is 9.96. The summed E-state index contributed by atoms with van der Waals surface area (Å²) in [6.07, 6.45) is 1.93. The smallest absolute Gasteiger partial charge is 0.223 e. The molecule has 0 radical (unpaired) electrons. The summed E-state index contributed by atoms with van der Waals surface area (Å²) >= 11 is 0. The first-order valence-corrected chi connectivity index (χ1v) is 7.51. The largest absolute Gasteiger partial charge is 0.379 e. The number of morpholine rings is 1. The van der Waals surface area contributed by atoms with Crippen LogP contribution in [0.4, 0.5) is 0 Å². The van der Waals surface area contributed by atoms with Gasteiger partial charge in [0.15, 0.2) is 0 Å². The molecule has 2 unspecified atom stereocenters. The van der Waals surface area contributed by atoms with E-state index in [1.54, 1.807) is 0 Å². The Morgan fingerprint density at radius 1 is 1.25 bits per heavy atom. The van der Waals surface area contributed by atoms with Gasteiger partial charge in [0.05, 0.1) is 13.2 Å². The Hall–Kier alpha value is -0.360. The van der Waals surface area contributed by atoms with Gasteiger partial charge in [-0.1, -0.05) is 0 Å². The Labute approximate surface area is 128 Å². The van der Waals surface area contributed by atoms with Gasteiger partial charge >= 0.3 is 0 Å². The van der Waals surface area contributed by atoms with Gasteiger partial charge in [0, 0.05) is 31.1 Å². The van der Waals surface area contributed by atoms with E-state index in [0.29, 0.717) is 6.04 Å². The zero-order valence-electron chi connectivity index (χ0n) is 12.6. The number of rotatable bonds is 4. The van der Waals surface area contributed by atoms with Crippen LogP contribution in [0.2, 0.25) is 0 Å². The molecule has 2 heterocycles. The van der Waals surface area contributed by atoms with Crippen molar-refractivity contribution in [3.8, 4) is 0 Å². The number of amides is 1. The fraction of sp³-hybridized carbons (Fsp3) is 0.929. The summed E-state index contributed by atoms with van der Waals surface area (Å²) in [5.41, 5.74) is 0. The molecule has 0 aromatic heterocycles. The predicted octanol–water partition coefficient (Wildman–Crippen LogP) is 0.633. The van der Waals surface area contributed by atoms with Crippen molar-refractivity contribution in [3.05, 3.63) is 0 Å². The summed E-state index contributed by atoms with van der Waals surface area (Å²) in [6, 6.07) is 0.565. The molecular formula is C14H28ClN3O2. The van der Waals surface area contributed by atoms with Gasteiger partial charge in [0.2, 0.25) is 5.91 Å². The average Bonchev–Trinajstić information content (AvgIpc) is 2.48. The molecule has 0 aliphatic carbocycles. The van der Waals surface area contributed by atoms with Crippen molar-refractivity contribution in [1.29, 1.82) is 0 Å². The normalized spacial score (nSPS) is 24.5. The van der Waals surface area contributed by atoms with Crippen LogP contribution in [0.5, 0.6) is 0 Å². The number of carbonyl (C=O) groups excluding carboxylic acids is 1. The second-order valence-corrected chi connectivity index (χ2v) is 5.71. The van der Waals surface area contributed by atoms with Crippen LogP contribution in [0.3, 0.4) is 0 Å². The first-order valence-electron chi connectivity index (χ1n) is 7.51. The van der Waals surface area contributed by atoms with Crippen LogP contribution < -0.4 is 10.6 Å². The lowest BCUT2D eigenvalue weighted by Gasteiger charge is -2.36. The van der Waals surface area contributed by atoms with E-state index in [1.165, 1.54) is 0 Å². The Bertz CT molecular complexity index is 292. The summed E-state index contributed by atoms with van der Waals surface area (Å²) in [5, 5.41) is 6.49. The van der Waals surface area contributed by atoms with E-state index >= 15 is 0 Å². The maximum absolute atomic E-state index is 12.2. The van der Waals surface area contributed by atoms with Crippen molar-refractivity contribution in [3.63, 3.8) is 0 Å². The van der Waals surface area contributed by atoms with Crippen LogP contribution in [-0.4, -0.2) is 62.3 Å². The first kappa shape index (κ1) is 17.7. The lowest BCUT2D eigenvalue weighted by Crippen LogP contribution is -2.53. The molecule has 2 N–H and O–H groups in total. The van der Waals surface area contributed by atoms with Gasteiger partial charge in [-0.15, -0.1) is 12.4 Å². The highest BCUT2D eigenvalue weighted by atomic mass is 35.5. The summed E-state index contributed by atoms with van der Waals surface area (Å²) in [4.78, 5) is 14.6. The standard InChI is InChI=1S/C14H27N3O2.ClH/c1-11(12(2)17-7-9-19-10-8-17)16-14(18)13-3-5-15-6-4-13;/h11-13,15H,3-10H2,1-2H3,(H,16,18);1H. The van der Waals surface area contributed by atoms with Crippen molar-refractivity contribution in [2.24, 2.45) is 5.92 Å². The Morgan fingerprint density at radius 3 is 2.45 bits per heavy atom. The molecule has 0 aromatic rings. The van der Waals surface area contributed by atoms with E-state index in [9.17, 15) is 4.79 Å². The van der Waals surface area contributed by atoms with Crippen molar-refractivity contribution in [2.45, 2.75) is 38.8 Å². The highest BCUT2D eigenvalue weighted by Gasteiger charge is 2.26. The zero-order chi connectivity index (χ0) is 13.7. The Balaban J connectivity index is 0.00000200. The molecule has 2 atom stereocenters. The predicted molar refractivity (Wildman–Crippen MR) is 82.3 cm³/mol. The number of nitrogens with zero attached hydrogens (tertiary/aromatic N) is 1. The van der Waals surface area contributed by atoms with Crippen LogP contribution >= 0.6 is 12.4 Å². The number of nitrogens with one attached hydrogen (secondary N) is 2. The summed E-state index contributed by atoms with van der Waals surface area (Å²) < 4.78 is 5.37. The van der Waals surface area contributed by atoms with Crippen LogP contribution in [0.25, 0.3) is 0 Å². The number of ether oxygens (including phenoxy) is 1. The molecule has 2 rings (SSSR count). The molecule has 0 saturated carbocycles. The molecule has 118 valence electrons. The maximum Gasteiger partial charge on any atom is 0.223 e. The second kappa shape index (κ2) is 8.82. The fourth-order valence-corrected chi connectivity index (χ4v) is 2.85. The van der Waals surface area contributed by atoms with Gasteiger partial charge in [-0.25, -0.2) is 0 Å². The topological polar surface area (TPSA) is 53.6 Å². The number of hydrogen-bond acceptors (Lipinski definition) is 4. The van der Waals surface area contributed by atoms with E-state index in [-0.39, 0.29) is 30.3 Å². The van der Waals surface area contributed by atoms with E-state index < -0.39 is 0 Å². The number of carbonyl (C=O) groups is 1. The molecule has 5 nitrogen and oxygen atoms in total. The van der Waals surface area contributed by atoms with Crippen molar-refractivity contribution in [1.82, 2.24) is 15.5 Å². The molecule has 2 saturated heterocycles. The summed E-state index contributed by atoms with van der Waals surface area (Å²) in [7, 11) is 0. The zero-order valence-corrected chi connectivity index (χ0v) is 13.4. The highest BCUT2D eigenvalue weighted by molar-refractivity contribution is 5.85. The molecular weight excluding hydrogens is 278 g/mol. The van der Waals surface area contributed by atoms with Gasteiger partial charge in [-0.3, -0.25) is 9.69 Å². The molecule has 2 aliphatic heterocycles. The first-order chi connectivity index (χ1) is 9.18. The van der Waals surface area contributed by atoms with Gasteiger partial charge in [0.1, 0.15) is 0 Å². The minimum Gasteiger partial charge on any atom is -0.379 e. The van der Waals surface area contributed by atoms with Crippen molar-refractivity contribution >= 4 is 18.3 Å². The summed E-state index contributed by atoms with van der Waals surface area (Å²) in [6.45, 7) is 9.77. The van der Waals surface area contributed by atoms with E-state index in [4.69, 9.17) is 4.74 Å². The van der Waals surface area contributed by atoms with Gasteiger partial charge < -0.3 is 15.4 Å². The molecule has 0 spiro atoms. The molecule has 2 aliphatic rings. The molecule has 20 heavy (non-hydrogen) atoms. The quantitative estimate of drug-likeness (QED) is 0.800. The molecule has 2 fully saturated rings. The van der Waals surface area contributed by atoms with Crippen molar-refractivity contribution in [2.75, 3.05) is 39.4 Å². The van der Waals surface area contributed by atoms with Crippen molar-refractivity contribution < 1.29 is 9.53 Å². The van der Waals surface area contributed by atoms with Crippen LogP contribution in [-0.2, 0) is 9.53 Å². The molecule has 0 aromatic carbocycles. The van der Waals surface area contributed by atoms with Crippen LogP contribution in [0, 0.1) is 5.92 Å². The molecule has 6 heteroatoms. The lowest BCUT2D eigenvalue weighted by molar-refractivity contribution is -0.126. The third-order valence-electron chi connectivity index (χ3n) is 4.43. The minimum atomic E-state index is 0. The minimum absolute atomic E-state index is 0. The van der Waals surface area contributed by atoms with E-state index in [0.717, 1.165) is 52.2 Å². The van der Waals surface area contributed by atoms with Gasteiger partial charge in [-0.2, -0.15) is 0 Å². The third-order valence-corrected chi connectivity index (χ3v) is 4.43. The van der Waals surface area contributed by atoms with E-state index in [1.807, 2.05) is 0 Å². The molecule has 1 amide bonds. The maximum atomic E-state index is 12.2. The Kier molecular flexibility index (Phi) is 7.80. The SMILES string of the molecule is CC(NC(=O)C1CCNCC1)C(C)N1CCOCC1.Cl. The number of hydrogen-bond donors (Lipinski definition) is 2. The van der Waals surface area contributed by atoms with Gasteiger partial charge in [-0.05, 0) is 39.8 Å². The average molecular weight is 306 g/mol.